The van der Waals surface area contributed by atoms with Crippen LogP contribution in [0, 0.1) is 5.82 Å². The maximum Gasteiger partial charge on any atom is 0.419 e. The molecule has 18 heavy (non-hydrogen) atoms. The molecule has 1 aromatic heterocycles. The minimum Gasteiger partial charge on any atom is -0.382 e. The Bertz CT molecular complexity index is 541. The van der Waals surface area contributed by atoms with Gasteiger partial charge in [-0.1, -0.05) is 10.6 Å². The predicted molar refractivity (Wildman–Crippen MR) is 55.4 cm³/mol. The fraction of sp³-hybridized carbons (Fsp3) is 0.200. The Morgan fingerprint density at radius 2 is 2.00 bits per heavy atom. The molecular weight excluding hydrogens is 272 g/mol. The summed E-state index contributed by atoms with van der Waals surface area (Å²) in [5, 5.41) is 14.8. The average molecular weight is 278 g/mol. The van der Waals surface area contributed by atoms with E-state index in [1.165, 1.54) is 5.38 Å². The van der Waals surface area contributed by atoms with Gasteiger partial charge in [0.15, 0.2) is 0 Å². The largest absolute Gasteiger partial charge is 0.419 e. The Morgan fingerprint density at radius 1 is 1.28 bits per heavy atom. The minimum absolute atomic E-state index is 0.00630. The monoisotopic (exact) mass is 278 g/mol. The van der Waals surface area contributed by atoms with Crippen LogP contribution in [0.5, 0.6) is 0 Å². The van der Waals surface area contributed by atoms with Crippen molar-refractivity contribution < 1.29 is 22.7 Å². The molecule has 1 unspecified atom stereocenters. The molecule has 0 saturated carbocycles. The number of hydrogen-bond donors (Lipinski definition) is 1. The summed E-state index contributed by atoms with van der Waals surface area (Å²) in [6.45, 7) is 0. The van der Waals surface area contributed by atoms with Crippen molar-refractivity contribution in [2.24, 2.45) is 0 Å². The van der Waals surface area contributed by atoms with Gasteiger partial charge in [0.05, 0.1) is 5.56 Å². The van der Waals surface area contributed by atoms with Gasteiger partial charge in [0.1, 0.15) is 17.6 Å². The van der Waals surface area contributed by atoms with Crippen molar-refractivity contribution >= 4 is 11.5 Å². The van der Waals surface area contributed by atoms with Crippen LogP contribution < -0.4 is 0 Å². The lowest BCUT2D eigenvalue weighted by molar-refractivity contribution is -0.140. The molecule has 96 valence electrons. The number of benzene rings is 1. The first-order chi connectivity index (χ1) is 8.39. The van der Waals surface area contributed by atoms with Crippen molar-refractivity contribution in [2.45, 2.75) is 12.3 Å². The molecule has 1 heterocycles. The zero-order valence-electron chi connectivity index (χ0n) is 8.65. The fourth-order valence-electron chi connectivity index (χ4n) is 1.39. The van der Waals surface area contributed by atoms with E-state index < -0.39 is 23.7 Å². The SMILES string of the molecule is OC(c1ccc(C(F)(F)F)c(F)c1)c1csnn1. The van der Waals surface area contributed by atoms with E-state index in [9.17, 15) is 22.7 Å². The second-order valence-corrected chi connectivity index (χ2v) is 4.08. The number of nitrogens with zero attached hydrogens (tertiary/aromatic N) is 2. The topological polar surface area (TPSA) is 46.0 Å². The van der Waals surface area contributed by atoms with E-state index in [-0.39, 0.29) is 11.3 Å². The zero-order chi connectivity index (χ0) is 13.3. The van der Waals surface area contributed by atoms with E-state index in [1.807, 2.05) is 0 Å². The highest BCUT2D eigenvalue weighted by Crippen LogP contribution is 2.33. The summed E-state index contributed by atoms with van der Waals surface area (Å²) >= 11 is 0.979. The molecule has 0 amide bonds. The molecule has 0 bridgehead atoms. The normalized spacial score (nSPS) is 13.6. The summed E-state index contributed by atoms with van der Waals surface area (Å²) in [5.41, 5.74) is -1.21. The Morgan fingerprint density at radius 3 is 2.50 bits per heavy atom. The molecule has 0 aliphatic rings. The highest BCUT2D eigenvalue weighted by Gasteiger charge is 2.34. The van der Waals surface area contributed by atoms with Crippen molar-refractivity contribution in [3.05, 3.63) is 46.2 Å². The Hall–Kier alpha value is -1.54. The third kappa shape index (κ3) is 2.49. The summed E-state index contributed by atoms with van der Waals surface area (Å²) in [5.74, 6) is -1.43. The quantitative estimate of drug-likeness (QED) is 0.859. The molecule has 1 aromatic carbocycles. The van der Waals surface area contributed by atoms with E-state index in [2.05, 4.69) is 9.59 Å². The van der Waals surface area contributed by atoms with Crippen molar-refractivity contribution in [3.63, 3.8) is 0 Å². The van der Waals surface area contributed by atoms with Gasteiger partial charge >= 0.3 is 6.18 Å². The van der Waals surface area contributed by atoms with Crippen LogP contribution in [0.25, 0.3) is 0 Å². The van der Waals surface area contributed by atoms with Crippen molar-refractivity contribution in [1.82, 2.24) is 9.59 Å². The van der Waals surface area contributed by atoms with Gasteiger partial charge < -0.3 is 5.11 Å². The first kappa shape index (κ1) is 12.9. The molecule has 0 radical (unpaired) electrons. The predicted octanol–water partition coefficient (Wildman–Crippen LogP) is 2.78. The number of aliphatic hydroxyl groups is 1. The second-order valence-electron chi connectivity index (χ2n) is 3.47. The molecule has 1 N–H and O–H groups in total. The van der Waals surface area contributed by atoms with Crippen LogP contribution in [0.15, 0.2) is 23.6 Å². The lowest BCUT2D eigenvalue weighted by Gasteiger charge is -2.11. The second kappa shape index (κ2) is 4.62. The van der Waals surface area contributed by atoms with E-state index >= 15 is 0 Å². The highest BCUT2D eigenvalue weighted by atomic mass is 32.1. The highest BCUT2D eigenvalue weighted by molar-refractivity contribution is 7.03. The Kier molecular flexibility index (Phi) is 3.31. The van der Waals surface area contributed by atoms with Crippen molar-refractivity contribution in [3.8, 4) is 0 Å². The minimum atomic E-state index is -4.75. The maximum absolute atomic E-state index is 13.3. The van der Waals surface area contributed by atoms with Gasteiger partial charge in [0, 0.05) is 5.38 Å². The van der Waals surface area contributed by atoms with Gasteiger partial charge in [-0.2, -0.15) is 13.2 Å². The Labute approximate surface area is 103 Å². The van der Waals surface area contributed by atoms with Gasteiger partial charge in [-0.15, -0.1) is 5.10 Å². The van der Waals surface area contributed by atoms with Gasteiger partial charge in [0.25, 0.3) is 0 Å². The van der Waals surface area contributed by atoms with Crippen LogP contribution in [0.2, 0.25) is 0 Å². The summed E-state index contributed by atoms with van der Waals surface area (Å²) < 4.78 is 53.8. The molecule has 0 spiro atoms. The van der Waals surface area contributed by atoms with Crippen LogP contribution in [0.3, 0.4) is 0 Å². The standard InChI is InChI=1S/C10H6F4N2OS/c11-7-3-5(1-2-6(7)10(12,13)14)9(17)8-4-18-16-15-8/h1-4,9,17H. The van der Waals surface area contributed by atoms with Crippen molar-refractivity contribution in [1.29, 1.82) is 0 Å². The molecule has 2 rings (SSSR count). The smallest absolute Gasteiger partial charge is 0.382 e. The molecule has 8 heteroatoms. The summed E-state index contributed by atoms with van der Waals surface area (Å²) in [4.78, 5) is 0. The first-order valence-corrected chi connectivity index (χ1v) is 5.55. The van der Waals surface area contributed by atoms with Gasteiger partial charge in [-0.05, 0) is 29.2 Å². The molecule has 3 nitrogen and oxygen atoms in total. The third-order valence-electron chi connectivity index (χ3n) is 2.27. The molecule has 0 fully saturated rings. The van der Waals surface area contributed by atoms with Crippen LogP contribution in [0.1, 0.15) is 22.9 Å². The zero-order valence-corrected chi connectivity index (χ0v) is 9.46. The molecule has 1 atom stereocenters. The molecule has 0 aliphatic heterocycles. The van der Waals surface area contributed by atoms with E-state index in [0.29, 0.717) is 12.1 Å². The first-order valence-electron chi connectivity index (χ1n) is 4.71. The molecule has 0 aliphatic carbocycles. The summed E-state index contributed by atoms with van der Waals surface area (Å²) in [6, 6.07) is 2.25. The number of aliphatic hydroxyl groups excluding tert-OH is 1. The van der Waals surface area contributed by atoms with Gasteiger partial charge in [-0.25, -0.2) is 4.39 Å². The van der Waals surface area contributed by atoms with Crippen LogP contribution in [0.4, 0.5) is 17.6 Å². The van der Waals surface area contributed by atoms with Crippen molar-refractivity contribution in [2.75, 3.05) is 0 Å². The van der Waals surface area contributed by atoms with Crippen LogP contribution >= 0.6 is 11.5 Å². The molecule has 0 saturated heterocycles. The fourth-order valence-corrected chi connectivity index (χ4v) is 1.87. The van der Waals surface area contributed by atoms with Gasteiger partial charge in [-0.3, -0.25) is 0 Å². The maximum atomic E-state index is 13.3. The lowest BCUT2D eigenvalue weighted by atomic mass is 10.0. The Balaban J connectivity index is 2.35. The lowest BCUT2D eigenvalue weighted by Crippen LogP contribution is -2.09. The number of rotatable bonds is 2. The van der Waals surface area contributed by atoms with E-state index in [1.54, 1.807) is 0 Å². The number of halogens is 4. The average Bonchev–Trinajstić information content (AvgIpc) is 2.79. The van der Waals surface area contributed by atoms with E-state index in [0.717, 1.165) is 17.6 Å². The van der Waals surface area contributed by atoms with Crippen LogP contribution in [-0.2, 0) is 6.18 Å². The number of aromatic nitrogens is 2. The number of hydrogen-bond acceptors (Lipinski definition) is 4. The molecule has 2 aromatic rings. The summed E-state index contributed by atoms with van der Waals surface area (Å²) in [6.07, 6.45) is -6.05. The van der Waals surface area contributed by atoms with E-state index in [4.69, 9.17) is 0 Å². The summed E-state index contributed by atoms with van der Waals surface area (Å²) in [7, 11) is 0. The van der Waals surface area contributed by atoms with Crippen LogP contribution in [-0.4, -0.2) is 14.7 Å². The number of alkyl halides is 3. The molecular formula is C10H6F4N2OS. The third-order valence-corrected chi connectivity index (χ3v) is 2.79. The van der Waals surface area contributed by atoms with Gasteiger partial charge in [0.2, 0.25) is 0 Å².